The standard InChI is InChI=1S/C30H29NO8/c1-35-23-16-20(17-24(36-2)29(23)37-3)26-25(27(32)19-9-10-21-22(15-19)39-14-13-38-21)28(33)30(34)31(26)12-11-18-7-5-4-6-8-18/h4-10,15-17,26,32H,11-14H2,1-3H3/b27-25+. The number of rotatable bonds is 8. The average molecular weight is 532 g/mol. The Morgan fingerprint density at radius 2 is 1.56 bits per heavy atom. The van der Waals surface area contributed by atoms with Crippen molar-refractivity contribution in [3.8, 4) is 28.7 Å². The molecule has 1 N–H and O–H groups in total. The lowest BCUT2D eigenvalue weighted by molar-refractivity contribution is -0.139. The van der Waals surface area contributed by atoms with Crippen LogP contribution in [-0.4, -0.2) is 62.8 Å². The van der Waals surface area contributed by atoms with E-state index in [2.05, 4.69) is 0 Å². The SMILES string of the molecule is COc1cc(C2/C(=C(\O)c3ccc4c(c3)OCCO4)C(=O)C(=O)N2CCc2ccccc2)cc(OC)c1OC. The lowest BCUT2D eigenvalue weighted by Crippen LogP contribution is -2.31. The minimum absolute atomic E-state index is 0.0426. The molecule has 1 saturated heterocycles. The molecule has 202 valence electrons. The van der Waals surface area contributed by atoms with Crippen molar-refractivity contribution in [2.24, 2.45) is 0 Å². The smallest absolute Gasteiger partial charge is 0.295 e. The fourth-order valence-corrected chi connectivity index (χ4v) is 4.96. The number of hydrogen-bond acceptors (Lipinski definition) is 8. The summed E-state index contributed by atoms with van der Waals surface area (Å²) in [6.07, 6.45) is 0.513. The van der Waals surface area contributed by atoms with E-state index >= 15 is 0 Å². The molecule has 39 heavy (non-hydrogen) atoms. The Labute approximate surface area is 226 Å². The number of hydrogen-bond donors (Lipinski definition) is 1. The highest BCUT2D eigenvalue weighted by atomic mass is 16.6. The van der Waals surface area contributed by atoms with Crippen LogP contribution in [0, 0.1) is 0 Å². The predicted molar refractivity (Wildman–Crippen MR) is 143 cm³/mol. The fraction of sp³-hybridized carbons (Fsp3) is 0.267. The van der Waals surface area contributed by atoms with E-state index in [4.69, 9.17) is 23.7 Å². The molecule has 0 saturated carbocycles. The molecule has 1 unspecified atom stereocenters. The maximum atomic E-state index is 13.5. The van der Waals surface area contributed by atoms with E-state index in [9.17, 15) is 14.7 Å². The molecular weight excluding hydrogens is 502 g/mol. The molecule has 0 aliphatic carbocycles. The molecule has 0 spiro atoms. The van der Waals surface area contributed by atoms with Crippen LogP contribution >= 0.6 is 0 Å². The summed E-state index contributed by atoms with van der Waals surface area (Å²) >= 11 is 0. The van der Waals surface area contributed by atoms with E-state index in [-0.39, 0.29) is 17.9 Å². The second kappa shape index (κ2) is 11.0. The Morgan fingerprint density at radius 3 is 2.21 bits per heavy atom. The van der Waals surface area contributed by atoms with Crippen molar-refractivity contribution in [1.82, 2.24) is 4.90 Å². The number of ketones is 1. The molecule has 3 aromatic carbocycles. The van der Waals surface area contributed by atoms with Gasteiger partial charge in [0.1, 0.15) is 19.0 Å². The van der Waals surface area contributed by atoms with E-state index in [0.717, 1.165) is 5.56 Å². The summed E-state index contributed by atoms with van der Waals surface area (Å²) in [6, 6.07) is 17.0. The number of Topliss-reactive ketones (excluding diaryl/α,β-unsaturated/α-hetero) is 1. The molecule has 2 aliphatic heterocycles. The van der Waals surface area contributed by atoms with E-state index in [0.29, 0.717) is 59.5 Å². The van der Waals surface area contributed by atoms with Gasteiger partial charge in [0.2, 0.25) is 5.75 Å². The minimum atomic E-state index is -0.907. The van der Waals surface area contributed by atoms with Crippen molar-refractivity contribution >= 4 is 17.4 Å². The van der Waals surface area contributed by atoms with E-state index in [1.54, 1.807) is 30.3 Å². The third-order valence-electron chi connectivity index (χ3n) is 6.84. The Balaban J connectivity index is 1.65. The number of carbonyl (C=O) groups excluding carboxylic acids is 2. The lowest BCUT2D eigenvalue weighted by Gasteiger charge is -2.27. The number of carbonyl (C=O) groups is 2. The molecule has 1 atom stereocenters. The van der Waals surface area contributed by atoms with Gasteiger partial charge in [-0.05, 0) is 47.9 Å². The number of methoxy groups -OCH3 is 3. The van der Waals surface area contributed by atoms with Gasteiger partial charge in [0.25, 0.3) is 11.7 Å². The first-order chi connectivity index (χ1) is 19.0. The summed E-state index contributed by atoms with van der Waals surface area (Å²) in [5.74, 6) is 0.288. The summed E-state index contributed by atoms with van der Waals surface area (Å²) < 4.78 is 27.8. The van der Waals surface area contributed by atoms with Gasteiger partial charge < -0.3 is 33.7 Å². The van der Waals surface area contributed by atoms with Gasteiger partial charge in [-0.25, -0.2) is 0 Å². The normalized spacial score (nSPS) is 17.7. The summed E-state index contributed by atoms with van der Waals surface area (Å²) in [4.78, 5) is 28.4. The zero-order valence-corrected chi connectivity index (χ0v) is 21.9. The van der Waals surface area contributed by atoms with E-state index in [1.807, 2.05) is 30.3 Å². The molecule has 0 radical (unpaired) electrons. The van der Waals surface area contributed by atoms with Crippen molar-refractivity contribution < 1.29 is 38.4 Å². The van der Waals surface area contributed by atoms with Crippen LogP contribution in [0.5, 0.6) is 28.7 Å². The summed E-state index contributed by atoms with van der Waals surface area (Å²) in [7, 11) is 4.47. The zero-order valence-electron chi connectivity index (χ0n) is 21.9. The first-order valence-electron chi connectivity index (χ1n) is 12.5. The summed E-state index contributed by atoms with van der Waals surface area (Å²) in [5.41, 5.74) is 1.82. The molecule has 1 amide bonds. The maximum absolute atomic E-state index is 13.5. The number of benzene rings is 3. The number of likely N-dealkylation sites (tertiary alicyclic amines) is 1. The van der Waals surface area contributed by atoms with Gasteiger partial charge in [0, 0.05) is 12.1 Å². The number of ether oxygens (including phenoxy) is 5. The fourth-order valence-electron chi connectivity index (χ4n) is 4.96. The number of nitrogens with zero attached hydrogens (tertiary/aromatic N) is 1. The van der Waals surface area contributed by atoms with Crippen molar-refractivity contribution in [2.45, 2.75) is 12.5 Å². The molecule has 2 aliphatic rings. The maximum Gasteiger partial charge on any atom is 0.295 e. The highest BCUT2D eigenvalue weighted by molar-refractivity contribution is 6.46. The van der Waals surface area contributed by atoms with Gasteiger partial charge in [0.05, 0.1) is 32.9 Å². The second-order valence-corrected chi connectivity index (χ2v) is 9.05. The van der Waals surface area contributed by atoms with Gasteiger partial charge in [-0.15, -0.1) is 0 Å². The Bertz CT molecular complexity index is 1410. The zero-order chi connectivity index (χ0) is 27.5. The average Bonchev–Trinajstić information content (AvgIpc) is 3.24. The largest absolute Gasteiger partial charge is 0.507 e. The molecule has 3 aromatic rings. The molecule has 2 heterocycles. The number of aliphatic hydroxyl groups excluding tert-OH is 1. The monoisotopic (exact) mass is 531 g/mol. The molecule has 0 aromatic heterocycles. The molecule has 9 nitrogen and oxygen atoms in total. The number of amides is 1. The topological polar surface area (TPSA) is 104 Å². The Kier molecular flexibility index (Phi) is 7.31. The van der Waals surface area contributed by atoms with Crippen LogP contribution in [0.3, 0.4) is 0 Å². The van der Waals surface area contributed by atoms with Crippen LogP contribution in [0.2, 0.25) is 0 Å². The Hall–Kier alpha value is -4.66. The van der Waals surface area contributed by atoms with Crippen LogP contribution in [0.15, 0.2) is 66.2 Å². The van der Waals surface area contributed by atoms with Crippen LogP contribution in [0.4, 0.5) is 0 Å². The van der Waals surface area contributed by atoms with E-state index < -0.39 is 17.7 Å². The third-order valence-corrected chi connectivity index (χ3v) is 6.84. The molecule has 1 fully saturated rings. The van der Waals surface area contributed by atoms with Crippen LogP contribution in [0.25, 0.3) is 5.76 Å². The van der Waals surface area contributed by atoms with Gasteiger partial charge >= 0.3 is 0 Å². The van der Waals surface area contributed by atoms with Crippen LogP contribution in [-0.2, 0) is 16.0 Å². The first kappa shape index (κ1) is 26.0. The van der Waals surface area contributed by atoms with Crippen molar-refractivity contribution in [1.29, 1.82) is 0 Å². The van der Waals surface area contributed by atoms with Gasteiger partial charge in [0.15, 0.2) is 23.0 Å². The number of fused-ring (bicyclic) bond motifs is 1. The highest BCUT2D eigenvalue weighted by Crippen LogP contribution is 2.46. The highest BCUT2D eigenvalue weighted by Gasteiger charge is 2.46. The van der Waals surface area contributed by atoms with Gasteiger partial charge in [-0.3, -0.25) is 9.59 Å². The molecule has 9 heteroatoms. The minimum Gasteiger partial charge on any atom is -0.507 e. The van der Waals surface area contributed by atoms with Gasteiger partial charge in [-0.2, -0.15) is 0 Å². The number of aliphatic hydroxyl groups is 1. The van der Waals surface area contributed by atoms with Crippen molar-refractivity contribution in [3.63, 3.8) is 0 Å². The molecular formula is C30H29NO8. The lowest BCUT2D eigenvalue weighted by atomic mass is 9.94. The van der Waals surface area contributed by atoms with Crippen molar-refractivity contribution in [2.75, 3.05) is 41.1 Å². The van der Waals surface area contributed by atoms with Crippen LogP contribution in [0.1, 0.15) is 22.7 Å². The first-order valence-corrected chi connectivity index (χ1v) is 12.5. The summed E-state index contributed by atoms with van der Waals surface area (Å²) in [6.45, 7) is 1.03. The third kappa shape index (κ3) is 4.83. The molecule has 0 bridgehead atoms. The Morgan fingerprint density at radius 1 is 0.897 bits per heavy atom. The van der Waals surface area contributed by atoms with E-state index in [1.165, 1.54) is 26.2 Å². The summed E-state index contributed by atoms with van der Waals surface area (Å²) in [5, 5.41) is 11.5. The van der Waals surface area contributed by atoms with Crippen molar-refractivity contribution in [3.05, 3.63) is 82.9 Å². The predicted octanol–water partition coefficient (Wildman–Crippen LogP) is 4.15. The molecule has 5 rings (SSSR count). The van der Waals surface area contributed by atoms with Gasteiger partial charge in [-0.1, -0.05) is 30.3 Å². The van der Waals surface area contributed by atoms with Crippen LogP contribution < -0.4 is 23.7 Å². The second-order valence-electron chi connectivity index (χ2n) is 9.05. The quantitative estimate of drug-likeness (QED) is 0.263.